The molecule has 0 radical (unpaired) electrons. The molecule has 0 fully saturated rings. The first-order valence-electron chi connectivity index (χ1n) is 15.2. The van der Waals surface area contributed by atoms with Gasteiger partial charge in [0.15, 0.2) is 34.6 Å². The minimum Gasteiger partial charge on any atom is -0.490 e. The molecule has 238 valence electrons. The smallest absolute Gasteiger partial charge is 0.163 e. The van der Waals surface area contributed by atoms with Crippen LogP contribution in [0.2, 0.25) is 0 Å². The highest BCUT2D eigenvalue weighted by Crippen LogP contribution is 2.31. The molecule has 0 bridgehead atoms. The minimum absolute atomic E-state index is 0.264. The van der Waals surface area contributed by atoms with Crippen molar-refractivity contribution in [3.8, 4) is 23.0 Å². The molecule has 0 saturated carbocycles. The fourth-order valence-electron chi connectivity index (χ4n) is 4.29. The molecule has 0 spiro atoms. The number of ketones is 2. The van der Waals surface area contributed by atoms with E-state index in [9.17, 15) is 9.59 Å². The molecular formula is C38H40N2O6. The first-order valence-corrected chi connectivity index (χ1v) is 15.2. The van der Waals surface area contributed by atoms with Gasteiger partial charge in [0.05, 0.1) is 13.0 Å². The maximum Gasteiger partial charge on any atom is 0.163 e. The molecule has 0 heterocycles. The van der Waals surface area contributed by atoms with Gasteiger partial charge in [-0.25, -0.2) is 0 Å². The topological polar surface area (TPSA) is 123 Å². The molecule has 46 heavy (non-hydrogen) atoms. The molecule has 0 aliphatic carbocycles. The summed E-state index contributed by atoms with van der Waals surface area (Å²) in [7, 11) is 0. The standard InChI is InChI=1S/C38H40N2O6/c39-20-7-22-43-35-18-14-29(24-37(35)45-27-31-8-3-1-4-9-31)12-16-33(41)26-34(42)17-13-30-15-19-36(44-23-21-40)38(25-30)46-28-32-10-5-2-6-11-32/h1-6,8-19,24-25H,7,20-23,26-28,39-40H2/b16-12+,17-13+. The fraction of sp³-hybridized carbons (Fsp3) is 0.211. The summed E-state index contributed by atoms with van der Waals surface area (Å²) in [5, 5.41) is 0. The van der Waals surface area contributed by atoms with Gasteiger partial charge in [0.2, 0.25) is 0 Å². The predicted octanol–water partition coefficient (Wildman–Crippen LogP) is 6.16. The van der Waals surface area contributed by atoms with E-state index in [1.807, 2.05) is 78.9 Å². The number of rotatable bonds is 19. The highest BCUT2D eigenvalue weighted by atomic mass is 16.5. The van der Waals surface area contributed by atoms with E-state index in [-0.39, 0.29) is 18.0 Å². The summed E-state index contributed by atoms with van der Waals surface area (Å²) in [6, 6.07) is 30.4. The number of ether oxygens (including phenoxy) is 4. The first-order chi connectivity index (χ1) is 22.5. The lowest BCUT2D eigenvalue weighted by Crippen LogP contribution is -2.11. The van der Waals surface area contributed by atoms with Crippen LogP contribution in [0.1, 0.15) is 35.1 Å². The van der Waals surface area contributed by atoms with Crippen LogP contribution in [0.3, 0.4) is 0 Å². The van der Waals surface area contributed by atoms with Crippen molar-refractivity contribution in [2.45, 2.75) is 26.1 Å². The molecule has 8 heteroatoms. The summed E-state index contributed by atoms with van der Waals surface area (Å²) in [5.41, 5.74) is 14.7. The third-order valence-corrected chi connectivity index (χ3v) is 6.66. The molecular weight excluding hydrogens is 580 g/mol. The Labute approximate surface area is 270 Å². The van der Waals surface area contributed by atoms with E-state index >= 15 is 0 Å². The van der Waals surface area contributed by atoms with Crippen LogP contribution in [0.25, 0.3) is 12.2 Å². The van der Waals surface area contributed by atoms with Gasteiger partial charge in [-0.2, -0.15) is 0 Å². The van der Waals surface area contributed by atoms with Gasteiger partial charge in [-0.3, -0.25) is 9.59 Å². The Morgan fingerprint density at radius 1 is 0.543 bits per heavy atom. The summed E-state index contributed by atoms with van der Waals surface area (Å²) in [6.45, 7) is 2.44. The van der Waals surface area contributed by atoms with Crippen LogP contribution in [-0.4, -0.2) is 37.9 Å². The zero-order valence-electron chi connectivity index (χ0n) is 25.8. The monoisotopic (exact) mass is 620 g/mol. The zero-order valence-corrected chi connectivity index (χ0v) is 25.8. The quantitative estimate of drug-likeness (QED) is 0.0726. The highest BCUT2D eigenvalue weighted by molar-refractivity contribution is 6.10. The maximum absolute atomic E-state index is 12.6. The molecule has 4 rings (SSSR count). The summed E-state index contributed by atoms with van der Waals surface area (Å²) >= 11 is 0. The Morgan fingerprint density at radius 2 is 1.02 bits per heavy atom. The van der Waals surface area contributed by atoms with Gasteiger partial charge < -0.3 is 30.4 Å². The lowest BCUT2D eigenvalue weighted by Gasteiger charge is -2.13. The van der Waals surface area contributed by atoms with Crippen molar-refractivity contribution in [3.63, 3.8) is 0 Å². The van der Waals surface area contributed by atoms with Crippen LogP contribution < -0.4 is 30.4 Å². The third kappa shape index (κ3) is 11.4. The van der Waals surface area contributed by atoms with Gasteiger partial charge in [0.25, 0.3) is 0 Å². The van der Waals surface area contributed by atoms with Gasteiger partial charge in [0.1, 0.15) is 19.8 Å². The first kappa shape index (κ1) is 33.7. The molecule has 0 aliphatic rings. The molecule has 0 atom stereocenters. The van der Waals surface area contributed by atoms with Crippen LogP contribution >= 0.6 is 0 Å². The highest BCUT2D eigenvalue weighted by Gasteiger charge is 2.10. The van der Waals surface area contributed by atoms with E-state index < -0.39 is 0 Å². The van der Waals surface area contributed by atoms with Gasteiger partial charge in [-0.05, 0) is 71.6 Å². The SMILES string of the molecule is NCCCOc1ccc(/C=C/C(=O)CC(=O)/C=C/c2ccc(OCCN)c(OCc3ccccc3)c2)cc1OCc1ccccc1. The van der Waals surface area contributed by atoms with Crippen molar-refractivity contribution >= 4 is 23.7 Å². The van der Waals surface area contributed by atoms with E-state index in [1.165, 1.54) is 12.2 Å². The number of nitrogens with two attached hydrogens (primary N) is 2. The average molecular weight is 621 g/mol. The van der Waals surface area contributed by atoms with E-state index in [2.05, 4.69) is 0 Å². The largest absolute Gasteiger partial charge is 0.490 e. The Bertz CT molecular complexity index is 1600. The number of benzene rings is 4. The lowest BCUT2D eigenvalue weighted by atomic mass is 10.1. The number of hydrogen-bond donors (Lipinski definition) is 2. The Morgan fingerprint density at radius 3 is 1.48 bits per heavy atom. The molecule has 0 amide bonds. The van der Waals surface area contributed by atoms with E-state index in [4.69, 9.17) is 30.4 Å². The van der Waals surface area contributed by atoms with Crippen LogP contribution in [0.5, 0.6) is 23.0 Å². The fourth-order valence-corrected chi connectivity index (χ4v) is 4.29. The Hall–Kier alpha value is -5.18. The second-order valence-electron chi connectivity index (χ2n) is 10.4. The minimum atomic E-state index is -0.319. The summed E-state index contributed by atoms with van der Waals surface area (Å²) < 4.78 is 23.7. The van der Waals surface area contributed by atoms with Crippen LogP contribution in [0.4, 0.5) is 0 Å². The molecule has 0 aliphatic heterocycles. The van der Waals surface area contributed by atoms with Gasteiger partial charge in [-0.15, -0.1) is 0 Å². The second-order valence-corrected chi connectivity index (χ2v) is 10.4. The number of hydrogen-bond acceptors (Lipinski definition) is 8. The van der Waals surface area contributed by atoms with Crippen molar-refractivity contribution in [2.75, 3.05) is 26.3 Å². The molecule has 0 saturated heterocycles. The van der Waals surface area contributed by atoms with Crippen molar-refractivity contribution in [2.24, 2.45) is 11.5 Å². The van der Waals surface area contributed by atoms with Crippen molar-refractivity contribution < 1.29 is 28.5 Å². The average Bonchev–Trinajstić information content (AvgIpc) is 3.09. The molecule has 0 aromatic heterocycles. The molecule has 4 aromatic rings. The number of carbonyl (C=O) groups excluding carboxylic acids is 2. The summed E-state index contributed by atoms with van der Waals surface area (Å²) in [4.78, 5) is 25.3. The maximum atomic E-state index is 12.6. The predicted molar refractivity (Wildman–Crippen MR) is 181 cm³/mol. The Balaban J connectivity index is 1.37. The van der Waals surface area contributed by atoms with Crippen molar-refractivity contribution in [1.82, 2.24) is 0 Å². The van der Waals surface area contributed by atoms with Gasteiger partial charge in [-0.1, -0.05) is 84.9 Å². The molecule has 0 unspecified atom stereocenters. The summed E-state index contributed by atoms with van der Waals surface area (Å²) in [6.07, 6.45) is 6.56. The van der Waals surface area contributed by atoms with E-state index in [0.29, 0.717) is 68.9 Å². The normalized spacial score (nSPS) is 11.1. The number of carbonyl (C=O) groups is 2. The van der Waals surface area contributed by atoms with Crippen LogP contribution in [-0.2, 0) is 22.8 Å². The third-order valence-electron chi connectivity index (χ3n) is 6.66. The zero-order chi connectivity index (χ0) is 32.4. The van der Waals surface area contributed by atoms with Gasteiger partial charge in [0, 0.05) is 6.54 Å². The summed E-state index contributed by atoms with van der Waals surface area (Å²) in [5.74, 6) is 1.62. The second kappa shape index (κ2) is 18.6. The molecule has 8 nitrogen and oxygen atoms in total. The van der Waals surface area contributed by atoms with Crippen LogP contribution in [0, 0.1) is 0 Å². The van der Waals surface area contributed by atoms with E-state index in [1.54, 1.807) is 30.4 Å². The van der Waals surface area contributed by atoms with Crippen molar-refractivity contribution in [3.05, 3.63) is 131 Å². The number of allylic oxidation sites excluding steroid dienone is 2. The van der Waals surface area contributed by atoms with Gasteiger partial charge >= 0.3 is 0 Å². The molecule has 4 aromatic carbocycles. The van der Waals surface area contributed by atoms with Crippen molar-refractivity contribution in [1.29, 1.82) is 0 Å². The Kier molecular flexibility index (Phi) is 13.6. The van der Waals surface area contributed by atoms with Crippen LogP contribution in [0.15, 0.2) is 109 Å². The lowest BCUT2D eigenvalue weighted by molar-refractivity contribution is -0.121. The molecule has 4 N–H and O–H groups in total. The van der Waals surface area contributed by atoms with E-state index in [0.717, 1.165) is 22.3 Å².